The van der Waals surface area contributed by atoms with Crippen LogP contribution in [0.25, 0.3) is 5.76 Å². The Morgan fingerprint density at radius 2 is 1.68 bits per heavy atom. The maximum absolute atomic E-state index is 13.5. The highest BCUT2D eigenvalue weighted by molar-refractivity contribution is 6.46. The molecule has 38 heavy (non-hydrogen) atoms. The Morgan fingerprint density at radius 3 is 2.32 bits per heavy atom. The second kappa shape index (κ2) is 11.1. The zero-order chi connectivity index (χ0) is 27.6. The summed E-state index contributed by atoms with van der Waals surface area (Å²) in [4.78, 5) is 28.5. The lowest BCUT2D eigenvalue weighted by atomic mass is 9.93. The molecule has 4 rings (SSSR count). The van der Waals surface area contributed by atoms with E-state index >= 15 is 0 Å². The first kappa shape index (κ1) is 27.0. The van der Waals surface area contributed by atoms with Gasteiger partial charge in [-0.2, -0.15) is 0 Å². The van der Waals surface area contributed by atoms with Gasteiger partial charge in [0.2, 0.25) is 0 Å². The van der Waals surface area contributed by atoms with Gasteiger partial charge in [0.25, 0.3) is 11.7 Å². The number of rotatable bonds is 8. The maximum Gasteiger partial charge on any atom is 0.295 e. The van der Waals surface area contributed by atoms with Crippen molar-refractivity contribution in [2.45, 2.75) is 47.2 Å². The number of likely N-dealkylation sites (tertiary alicyclic amines) is 1. The molecular formula is C32H35NO5. The molecule has 1 saturated heterocycles. The van der Waals surface area contributed by atoms with Crippen LogP contribution in [0.3, 0.4) is 0 Å². The molecule has 1 aliphatic heterocycles. The van der Waals surface area contributed by atoms with Gasteiger partial charge >= 0.3 is 0 Å². The molecule has 6 nitrogen and oxygen atoms in total. The van der Waals surface area contributed by atoms with Gasteiger partial charge in [0.1, 0.15) is 17.3 Å². The van der Waals surface area contributed by atoms with Gasteiger partial charge in [0.05, 0.1) is 30.9 Å². The van der Waals surface area contributed by atoms with E-state index in [4.69, 9.17) is 9.47 Å². The maximum atomic E-state index is 13.5. The molecule has 1 heterocycles. The summed E-state index contributed by atoms with van der Waals surface area (Å²) < 4.78 is 11.4. The Labute approximate surface area is 224 Å². The monoisotopic (exact) mass is 513 g/mol. The summed E-state index contributed by atoms with van der Waals surface area (Å²) in [7, 11) is 1.53. The van der Waals surface area contributed by atoms with Crippen molar-refractivity contribution < 1.29 is 24.2 Å². The number of aliphatic hydroxyl groups is 1. The van der Waals surface area contributed by atoms with Crippen LogP contribution in [0.1, 0.15) is 53.3 Å². The van der Waals surface area contributed by atoms with Crippen LogP contribution < -0.4 is 9.47 Å². The minimum absolute atomic E-state index is 0.0563. The molecule has 1 unspecified atom stereocenters. The molecule has 1 atom stereocenters. The third kappa shape index (κ3) is 5.44. The quantitative estimate of drug-likeness (QED) is 0.218. The molecule has 0 radical (unpaired) electrons. The van der Waals surface area contributed by atoms with Crippen LogP contribution in [0.5, 0.6) is 11.5 Å². The molecule has 1 N–H and O–H groups in total. The number of carbonyl (C=O) groups excluding carboxylic acids is 2. The molecule has 1 fully saturated rings. The first-order valence-corrected chi connectivity index (χ1v) is 12.8. The number of ketones is 1. The van der Waals surface area contributed by atoms with E-state index in [1.165, 1.54) is 12.0 Å². The van der Waals surface area contributed by atoms with Gasteiger partial charge in [-0.15, -0.1) is 0 Å². The van der Waals surface area contributed by atoms with E-state index in [-0.39, 0.29) is 17.9 Å². The number of methoxy groups -OCH3 is 1. The van der Waals surface area contributed by atoms with Gasteiger partial charge in [-0.25, -0.2) is 0 Å². The first-order valence-electron chi connectivity index (χ1n) is 12.8. The lowest BCUT2D eigenvalue weighted by Crippen LogP contribution is -2.29. The number of hydrogen-bond donors (Lipinski definition) is 1. The van der Waals surface area contributed by atoms with E-state index in [9.17, 15) is 14.7 Å². The molecule has 0 bridgehead atoms. The van der Waals surface area contributed by atoms with Gasteiger partial charge in [-0.05, 0) is 67.1 Å². The average Bonchev–Trinajstić information content (AvgIpc) is 3.12. The minimum atomic E-state index is -0.753. The van der Waals surface area contributed by atoms with Crippen LogP contribution >= 0.6 is 0 Å². The van der Waals surface area contributed by atoms with Crippen LogP contribution in [0.15, 0.2) is 66.2 Å². The second-order valence-electron chi connectivity index (χ2n) is 10.4. The zero-order valence-electron chi connectivity index (χ0n) is 22.9. The van der Waals surface area contributed by atoms with Crippen molar-refractivity contribution in [3.8, 4) is 11.5 Å². The minimum Gasteiger partial charge on any atom is -0.507 e. The number of Topliss-reactive ketones (excluding diaryl/α,β-unsaturated/α-hetero) is 1. The normalized spacial score (nSPS) is 16.8. The molecule has 0 saturated carbocycles. The summed E-state index contributed by atoms with van der Waals surface area (Å²) in [6.07, 6.45) is 0. The number of ether oxygens (including phenoxy) is 2. The van der Waals surface area contributed by atoms with Crippen LogP contribution in [-0.2, 0) is 16.1 Å². The lowest BCUT2D eigenvalue weighted by Gasteiger charge is -2.26. The summed E-state index contributed by atoms with van der Waals surface area (Å²) in [5.74, 6) is 0.0275. The van der Waals surface area contributed by atoms with E-state index in [1.54, 1.807) is 6.07 Å². The zero-order valence-corrected chi connectivity index (χ0v) is 22.9. The molecule has 3 aromatic carbocycles. The fourth-order valence-corrected chi connectivity index (χ4v) is 4.93. The first-order chi connectivity index (χ1) is 18.1. The van der Waals surface area contributed by atoms with Crippen LogP contribution in [0.4, 0.5) is 0 Å². The van der Waals surface area contributed by atoms with Crippen molar-refractivity contribution in [1.82, 2.24) is 4.90 Å². The Balaban J connectivity index is 1.80. The number of hydrogen-bond acceptors (Lipinski definition) is 5. The highest BCUT2D eigenvalue weighted by Crippen LogP contribution is 2.42. The number of carbonyl (C=O) groups is 2. The molecule has 0 spiro atoms. The smallest absolute Gasteiger partial charge is 0.295 e. The highest BCUT2D eigenvalue weighted by Gasteiger charge is 2.46. The molecule has 1 aliphatic rings. The summed E-state index contributed by atoms with van der Waals surface area (Å²) >= 11 is 0. The summed E-state index contributed by atoms with van der Waals surface area (Å²) in [6, 6.07) is 18.2. The van der Waals surface area contributed by atoms with Crippen molar-refractivity contribution in [2.24, 2.45) is 5.92 Å². The number of benzene rings is 3. The summed E-state index contributed by atoms with van der Waals surface area (Å²) in [5, 5.41) is 11.6. The second-order valence-corrected chi connectivity index (χ2v) is 10.4. The Bertz CT molecular complexity index is 1390. The molecule has 3 aromatic rings. The van der Waals surface area contributed by atoms with Crippen LogP contribution in [0.2, 0.25) is 0 Å². The van der Waals surface area contributed by atoms with Gasteiger partial charge in [0, 0.05) is 6.54 Å². The van der Waals surface area contributed by atoms with E-state index < -0.39 is 17.7 Å². The standard InChI is InChI=1S/C32H35NO5/c1-19(2)18-38-25-12-10-23(11-13-25)17-33-28(24-9-7-8-20(3)15-24)27(30(35)32(33)36)29(34)26-16-21(4)14-22(5)31(26)37-6/h7-16,19,28,34H,17-18H2,1-6H3/b29-27+. The number of nitrogens with zero attached hydrogens (tertiary/aromatic N) is 1. The van der Waals surface area contributed by atoms with Crippen molar-refractivity contribution in [1.29, 1.82) is 0 Å². The van der Waals surface area contributed by atoms with Crippen molar-refractivity contribution >= 4 is 17.4 Å². The molecule has 6 heteroatoms. The van der Waals surface area contributed by atoms with E-state index in [1.807, 2.05) is 75.4 Å². The SMILES string of the molecule is COc1c(C)cc(C)cc1/C(O)=C1\C(=O)C(=O)N(Cc2ccc(OCC(C)C)cc2)C1c1cccc(C)c1. The fourth-order valence-electron chi connectivity index (χ4n) is 4.93. The Hall–Kier alpha value is -4.06. The van der Waals surface area contributed by atoms with Crippen molar-refractivity contribution in [3.63, 3.8) is 0 Å². The van der Waals surface area contributed by atoms with E-state index in [2.05, 4.69) is 13.8 Å². The number of aryl methyl sites for hydroxylation is 3. The largest absolute Gasteiger partial charge is 0.507 e. The van der Waals surface area contributed by atoms with Crippen LogP contribution in [0, 0.1) is 26.7 Å². The summed E-state index contributed by atoms with van der Waals surface area (Å²) in [6.45, 7) is 10.7. The number of aliphatic hydroxyl groups excluding tert-OH is 1. The van der Waals surface area contributed by atoms with E-state index in [0.717, 1.165) is 33.6 Å². The Kier molecular flexibility index (Phi) is 7.91. The van der Waals surface area contributed by atoms with Gasteiger partial charge < -0.3 is 19.5 Å². The van der Waals surface area contributed by atoms with Crippen molar-refractivity contribution in [3.05, 3.63) is 99.6 Å². The molecule has 1 amide bonds. The Morgan fingerprint density at radius 1 is 0.974 bits per heavy atom. The third-order valence-corrected chi connectivity index (χ3v) is 6.64. The number of amides is 1. The van der Waals surface area contributed by atoms with Gasteiger partial charge in [-0.3, -0.25) is 9.59 Å². The van der Waals surface area contributed by atoms with E-state index in [0.29, 0.717) is 23.8 Å². The molecular weight excluding hydrogens is 478 g/mol. The van der Waals surface area contributed by atoms with Crippen molar-refractivity contribution in [2.75, 3.05) is 13.7 Å². The molecule has 198 valence electrons. The predicted molar refractivity (Wildman–Crippen MR) is 148 cm³/mol. The lowest BCUT2D eigenvalue weighted by molar-refractivity contribution is -0.140. The predicted octanol–water partition coefficient (Wildman–Crippen LogP) is 6.28. The molecule has 0 aromatic heterocycles. The van der Waals surface area contributed by atoms with Gasteiger partial charge in [-0.1, -0.05) is 61.9 Å². The average molecular weight is 514 g/mol. The molecule has 0 aliphatic carbocycles. The topological polar surface area (TPSA) is 76.1 Å². The van der Waals surface area contributed by atoms with Gasteiger partial charge in [0.15, 0.2) is 0 Å². The highest BCUT2D eigenvalue weighted by atomic mass is 16.5. The third-order valence-electron chi connectivity index (χ3n) is 6.64. The fraction of sp³-hybridized carbons (Fsp3) is 0.312. The summed E-state index contributed by atoms with van der Waals surface area (Å²) in [5.41, 5.74) is 4.79. The van der Waals surface area contributed by atoms with Crippen LogP contribution in [-0.4, -0.2) is 35.4 Å².